The second-order valence-electron chi connectivity index (χ2n) is 5.59. The van der Waals surface area contributed by atoms with Gasteiger partial charge in [-0.1, -0.05) is 6.92 Å². The minimum absolute atomic E-state index is 0.101. The Kier molecular flexibility index (Phi) is 3.27. The molecule has 0 amide bonds. The normalized spacial score (nSPS) is 14.8. The van der Waals surface area contributed by atoms with Gasteiger partial charge in [-0.25, -0.2) is 9.78 Å². The highest BCUT2D eigenvalue weighted by molar-refractivity contribution is 5.76. The van der Waals surface area contributed by atoms with Crippen molar-refractivity contribution in [3.8, 4) is 0 Å². The van der Waals surface area contributed by atoms with Gasteiger partial charge in [-0.15, -0.1) is 0 Å². The molecule has 0 radical (unpaired) electrons. The van der Waals surface area contributed by atoms with Gasteiger partial charge in [0.15, 0.2) is 11.2 Å². The zero-order valence-electron chi connectivity index (χ0n) is 12.2. The van der Waals surface area contributed by atoms with Crippen LogP contribution in [0.1, 0.15) is 39.2 Å². The van der Waals surface area contributed by atoms with E-state index >= 15 is 0 Å². The molecule has 0 spiro atoms. The van der Waals surface area contributed by atoms with Gasteiger partial charge < -0.3 is 4.57 Å². The van der Waals surface area contributed by atoms with Gasteiger partial charge >= 0.3 is 5.69 Å². The minimum atomic E-state index is -0.424. The lowest BCUT2D eigenvalue weighted by atomic mass is 10.4. The summed E-state index contributed by atoms with van der Waals surface area (Å²) in [7, 11) is 0. The fourth-order valence-corrected chi connectivity index (χ4v) is 2.64. The molecule has 0 aromatic carbocycles. The molecule has 2 aromatic heterocycles. The Labute approximate surface area is 120 Å². The first-order chi connectivity index (χ1) is 10.0. The van der Waals surface area contributed by atoms with Crippen LogP contribution in [0.3, 0.4) is 0 Å². The number of Topliss-reactive ketones (excluding diaryl/α,β-unsaturated/α-hetero) is 1. The average molecular weight is 290 g/mol. The van der Waals surface area contributed by atoms with Crippen LogP contribution >= 0.6 is 0 Å². The minimum Gasteiger partial charge on any atom is -0.325 e. The van der Waals surface area contributed by atoms with Gasteiger partial charge in [0.05, 0.1) is 12.9 Å². The topological polar surface area (TPSA) is 78.9 Å². The second-order valence-corrected chi connectivity index (χ2v) is 5.59. The number of fused-ring (bicyclic) bond motifs is 1. The van der Waals surface area contributed by atoms with Crippen LogP contribution in [0.25, 0.3) is 11.2 Å². The molecule has 3 rings (SSSR count). The Bertz CT molecular complexity index is 823. The highest BCUT2D eigenvalue weighted by atomic mass is 16.2. The van der Waals surface area contributed by atoms with Crippen molar-refractivity contribution in [2.24, 2.45) is 0 Å². The van der Waals surface area contributed by atoms with E-state index < -0.39 is 11.2 Å². The number of imidazole rings is 1. The quantitative estimate of drug-likeness (QED) is 0.811. The molecule has 0 saturated heterocycles. The number of aryl methyl sites for hydroxylation is 1. The van der Waals surface area contributed by atoms with Crippen LogP contribution in [0.4, 0.5) is 0 Å². The van der Waals surface area contributed by atoms with E-state index in [1.165, 1.54) is 6.92 Å². The van der Waals surface area contributed by atoms with E-state index in [9.17, 15) is 14.4 Å². The summed E-state index contributed by atoms with van der Waals surface area (Å²) in [5.74, 6) is -0.211. The number of carbonyl (C=O) groups excluding carboxylic acids is 1. The maximum Gasteiger partial charge on any atom is 0.333 e. The number of ketones is 1. The Hall–Kier alpha value is -2.18. The van der Waals surface area contributed by atoms with Crippen molar-refractivity contribution in [3.05, 3.63) is 27.2 Å². The zero-order chi connectivity index (χ0) is 15.1. The summed E-state index contributed by atoms with van der Waals surface area (Å²) in [6, 6.07) is 0.101. The van der Waals surface area contributed by atoms with Crippen LogP contribution in [0, 0.1) is 0 Å². The molecule has 0 atom stereocenters. The Morgan fingerprint density at radius 3 is 2.67 bits per heavy atom. The van der Waals surface area contributed by atoms with Crippen molar-refractivity contribution in [3.63, 3.8) is 0 Å². The van der Waals surface area contributed by atoms with Crippen LogP contribution in [-0.2, 0) is 17.9 Å². The standard InChI is InChI=1S/C14H18N4O3/c1-3-6-16-8-15-12-11(16)13(20)17(7-9(2)19)14(21)18(12)10-4-5-10/h8,10H,3-7H2,1-2H3. The maximum absolute atomic E-state index is 12.6. The molecule has 112 valence electrons. The van der Waals surface area contributed by atoms with Gasteiger partial charge in [-0.3, -0.25) is 18.7 Å². The summed E-state index contributed by atoms with van der Waals surface area (Å²) in [5, 5.41) is 0. The van der Waals surface area contributed by atoms with E-state index in [-0.39, 0.29) is 18.4 Å². The molecule has 7 heteroatoms. The summed E-state index contributed by atoms with van der Waals surface area (Å²) in [6.45, 7) is 3.87. The van der Waals surface area contributed by atoms with Crippen molar-refractivity contribution in [2.75, 3.05) is 0 Å². The van der Waals surface area contributed by atoms with Crippen molar-refractivity contribution in [1.29, 1.82) is 0 Å². The van der Waals surface area contributed by atoms with E-state index in [1.807, 2.05) is 6.92 Å². The molecule has 0 N–H and O–H groups in total. The van der Waals surface area contributed by atoms with Crippen LogP contribution < -0.4 is 11.2 Å². The van der Waals surface area contributed by atoms with E-state index in [2.05, 4.69) is 4.98 Å². The lowest BCUT2D eigenvalue weighted by Crippen LogP contribution is -2.41. The summed E-state index contributed by atoms with van der Waals surface area (Å²) in [6.07, 6.45) is 4.29. The number of rotatable bonds is 5. The van der Waals surface area contributed by atoms with Gasteiger partial charge in [-0.2, -0.15) is 0 Å². The number of hydrogen-bond donors (Lipinski definition) is 0. The van der Waals surface area contributed by atoms with Gasteiger partial charge in [0.1, 0.15) is 5.78 Å². The molecule has 1 aliphatic rings. The van der Waals surface area contributed by atoms with Gasteiger partial charge in [0.25, 0.3) is 5.56 Å². The van der Waals surface area contributed by atoms with Crippen LogP contribution in [0.2, 0.25) is 0 Å². The van der Waals surface area contributed by atoms with Crippen LogP contribution in [0.5, 0.6) is 0 Å². The molecule has 2 heterocycles. The molecule has 1 aliphatic carbocycles. The van der Waals surface area contributed by atoms with Gasteiger partial charge in [0, 0.05) is 12.6 Å². The fourth-order valence-electron chi connectivity index (χ4n) is 2.64. The molecule has 7 nitrogen and oxygen atoms in total. The lowest BCUT2D eigenvalue weighted by Gasteiger charge is -2.10. The first-order valence-electron chi connectivity index (χ1n) is 7.24. The van der Waals surface area contributed by atoms with Crippen molar-refractivity contribution < 1.29 is 4.79 Å². The predicted molar refractivity (Wildman–Crippen MR) is 77.5 cm³/mol. The first kappa shape index (κ1) is 13.8. The lowest BCUT2D eigenvalue weighted by molar-refractivity contribution is -0.117. The second kappa shape index (κ2) is 4.98. The van der Waals surface area contributed by atoms with E-state index in [1.54, 1.807) is 15.5 Å². The summed E-state index contributed by atoms with van der Waals surface area (Å²) >= 11 is 0. The summed E-state index contributed by atoms with van der Waals surface area (Å²) in [4.78, 5) is 40.7. The highest BCUT2D eigenvalue weighted by Gasteiger charge is 2.30. The highest BCUT2D eigenvalue weighted by Crippen LogP contribution is 2.34. The van der Waals surface area contributed by atoms with E-state index in [4.69, 9.17) is 0 Å². The van der Waals surface area contributed by atoms with Crippen molar-refractivity contribution in [1.82, 2.24) is 18.7 Å². The molecule has 0 aliphatic heterocycles. The molecular weight excluding hydrogens is 272 g/mol. The van der Waals surface area contributed by atoms with E-state index in [0.29, 0.717) is 17.7 Å². The third kappa shape index (κ3) is 2.22. The summed E-state index contributed by atoms with van der Waals surface area (Å²) < 4.78 is 4.38. The van der Waals surface area contributed by atoms with Crippen LogP contribution in [0.15, 0.2) is 15.9 Å². The molecule has 1 fully saturated rings. The van der Waals surface area contributed by atoms with Crippen LogP contribution in [-0.4, -0.2) is 24.5 Å². The summed E-state index contributed by atoms with van der Waals surface area (Å²) in [5.41, 5.74) is 0.0188. The third-order valence-electron chi connectivity index (χ3n) is 3.69. The molecule has 2 aromatic rings. The number of nitrogens with zero attached hydrogens (tertiary/aromatic N) is 4. The number of hydrogen-bond acceptors (Lipinski definition) is 4. The fraction of sp³-hybridized carbons (Fsp3) is 0.571. The van der Waals surface area contributed by atoms with Gasteiger partial charge in [0.2, 0.25) is 0 Å². The first-order valence-corrected chi connectivity index (χ1v) is 7.24. The Morgan fingerprint density at radius 2 is 2.10 bits per heavy atom. The molecule has 0 bridgehead atoms. The maximum atomic E-state index is 12.6. The number of carbonyl (C=O) groups is 1. The smallest absolute Gasteiger partial charge is 0.325 e. The zero-order valence-corrected chi connectivity index (χ0v) is 12.2. The van der Waals surface area contributed by atoms with Crippen molar-refractivity contribution in [2.45, 2.75) is 52.2 Å². The van der Waals surface area contributed by atoms with Crippen molar-refractivity contribution >= 4 is 16.9 Å². The Balaban J connectivity index is 2.36. The molecule has 0 unspecified atom stereocenters. The largest absolute Gasteiger partial charge is 0.333 e. The molecule has 1 saturated carbocycles. The number of aromatic nitrogens is 4. The molecular formula is C14H18N4O3. The average Bonchev–Trinajstić information content (AvgIpc) is 3.17. The Morgan fingerprint density at radius 1 is 1.38 bits per heavy atom. The SMILES string of the molecule is CCCn1cnc2c1c(=O)n(CC(C)=O)c(=O)n2C1CC1. The third-order valence-corrected chi connectivity index (χ3v) is 3.69. The van der Waals surface area contributed by atoms with Gasteiger partial charge in [-0.05, 0) is 26.2 Å². The molecule has 21 heavy (non-hydrogen) atoms. The monoisotopic (exact) mass is 290 g/mol. The van der Waals surface area contributed by atoms with E-state index in [0.717, 1.165) is 23.8 Å². The predicted octanol–water partition coefficient (Wildman–Crippen LogP) is 0.694.